The number of nitrogens with zero attached hydrogens (tertiary/aromatic N) is 2. The van der Waals surface area contributed by atoms with Crippen molar-refractivity contribution in [2.45, 2.75) is 23.1 Å². The molecule has 2 aromatic heterocycles. The topological polar surface area (TPSA) is 38.0 Å². The molecule has 3 nitrogen and oxygen atoms in total. The number of benzene rings is 2. The number of aliphatic hydroxyl groups excluding tert-OH is 1. The molecule has 0 atom stereocenters. The third kappa shape index (κ3) is 3.97. The number of pyridine rings is 1. The Morgan fingerprint density at radius 3 is 2.19 bits per heavy atom. The Labute approximate surface area is 163 Å². The second-order valence-corrected chi connectivity index (χ2v) is 7.32. The zero-order valence-electron chi connectivity index (χ0n) is 14.8. The molecule has 0 fully saturated rings. The highest BCUT2D eigenvalue weighted by Crippen LogP contribution is 2.40. The smallest absolute Gasteiger partial charge is 0.0883 e. The van der Waals surface area contributed by atoms with Crippen LogP contribution in [0.3, 0.4) is 0 Å². The van der Waals surface area contributed by atoms with Gasteiger partial charge in [-0.05, 0) is 35.4 Å². The highest BCUT2D eigenvalue weighted by molar-refractivity contribution is 7.99. The first-order valence-corrected chi connectivity index (χ1v) is 9.67. The predicted octanol–water partition coefficient (Wildman–Crippen LogP) is 5.24. The standard InChI is InChI=1S/C23H20N2OS/c26-17-20-16-25(15-18-11-13-24-14-12-18)23(27-21-9-5-2-6-10-21)22(20)19-7-3-1-4-8-19/h1-14,16,26H,15,17H2. The summed E-state index contributed by atoms with van der Waals surface area (Å²) in [5.74, 6) is 0. The largest absolute Gasteiger partial charge is 0.392 e. The Morgan fingerprint density at radius 2 is 1.52 bits per heavy atom. The Morgan fingerprint density at radius 1 is 0.852 bits per heavy atom. The quantitative estimate of drug-likeness (QED) is 0.503. The fraction of sp³-hybridized carbons (Fsp3) is 0.0870. The van der Waals surface area contributed by atoms with Crippen molar-refractivity contribution in [3.63, 3.8) is 0 Å². The van der Waals surface area contributed by atoms with Gasteiger partial charge in [0.05, 0.1) is 11.6 Å². The molecule has 4 heteroatoms. The van der Waals surface area contributed by atoms with Crippen LogP contribution >= 0.6 is 11.8 Å². The summed E-state index contributed by atoms with van der Waals surface area (Å²) >= 11 is 1.73. The lowest BCUT2D eigenvalue weighted by atomic mass is 10.1. The normalized spacial score (nSPS) is 10.9. The fourth-order valence-electron chi connectivity index (χ4n) is 3.14. The number of rotatable bonds is 6. The maximum Gasteiger partial charge on any atom is 0.0883 e. The zero-order chi connectivity index (χ0) is 18.5. The van der Waals surface area contributed by atoms with Gasteiger partial charge < -0.3 is 9.67 Å². The summed E-state index contributed by atoms with van der Waals surface area (Å²) in [4.78, 5) is 5.28. The first-order valence-electron chi connectivity index (χ1n) is 8.85. The minimum atomic E-state index is 0.00984. The van der Waals surface area contributed by atoms with Gasteiger partial charge in [0.15, 0.2) is 0 Å². The van der Waals surface area contributed by atoms with Crippen LogP contribution in [0, 0.1) is 0 Å². The molecule has 134 valence electrons. The van der Waals surface area contributed by atoms with E-state index in [1.54, 1.807) is 11.8 Å². The summed E-state index contributed by atoms with van der Waals surface area (Å²) in [6.07, 6.45) is 5.69. The predicted molar refractivity (Wildman–Crippen MR) is 110 cm³/mol. The molecule has 0 spiro atoms. The van der Waals surface area contributed by atoms with E-state index < -0.39 is 0 Å². The van der Waals surface area contributed by atoms with Gasteiger partial charge in [0.2, 0.25) is 0 Å². The van der Waals surface area contributed by atoms with Crippen LogP contribution in [-0.2, 0) is 13.2 Å². The van der Waals surface area contributed by atoms with Gasteiger partial charge in [-0.1, -0.05) is 60.3 Å². The molecule has 0 unspecified atom stereocenters. The maximum absolute atomic E-state index is 10.0. The van der Waals surface area contributed by atoms with E-state index in [1.165, 1.54) is 10.5 Å². The van der Waals surface area contributed by atoms with Crippen molar-refractivity contribution in [1.29, 1.82) is 0 Å². The lowest BCUT2D eigenvalue weighted by molar-refractivity contribution is 0.282. The van der Waals surface area contributed by atoms with Crippen molar-refractivity contribution in [3.8, 4) is 11.1 Å². The first-order chi connectivity index (χ1) is 13.3. The number of hydrogen-bond acceptors (Lipinski definition) is 3. The summed E-state index contributed by atoms with van der Waals surface area (Å²) in [6.45, 7) is 0.743. The second kappa shape index (κ2) is 8.25. The van der Waals surface area contributed by atoms with E-state index >= 15 is 0 Å². The second-order valence-electron chi connectivity index (χ2n) is 6.26. The lowest BCUT2D eigenvalue weighted by Crippen LogP contribution is -2.00. The highest BCUT2D eigenvalue weighted by Gasteiger charge is 2.18. The van der Waals surface area contributed by atoms with Gasteiger partial charge in [0.25, 0.3) is 0 Å². The Bertz CT molecular complexity index is 999. The molecule has 4 aromatic rings. The van der Waals surface area contributed by atoms with Crippen molar-refractivity contribution >= 4 is 11.8 Å². The SMILES string of the molecule is OCc1cn(Cc2ccncc2)c(Sc2ccccc2)c1-c1ccccc1. The van der Waals surface area contributed by atoms with E-state index in [2.05, 4.69) is 40.0 Å². The van der Waals surface area contributed by atoms with Gasteiger partial charge >= 0.3 is 0 Å². The number of aromatic nitrogens is 2. The average Bonchev–Trinajstić information content (AvgIpc) is 3.07. The van der Waals surface area contributed by atoms with Crippen LogP contribution in [0.1, 0.15) is 11.1 Å². The maximum atomic E-state index is 10.0. The molecule has 0 amide bonds. The molecule has 0 saturated heterocycles. The van der Waals surface area contributed by atoms with Gasteiger partial charge in [-0.3, -0.25) is 4.98 Å². The third-order valence-corrected chi connectivity index (χ3v) is 5.54. The summed E-state index contributed by atoms with van der Waals surface area (Å²) in [5, 5.41) is 11.1. The highest BCUT2D eigenvalue weighted by atomic mass is 32.2. The monoisotopic (exact) mass is 372 g/mol. The van der Waals surface area contributed by atoms with Crippen LogP contribution in [-0.4, -0.2) is 14.7 Å². The molecule has 0 aliphatic heterocycles. The van der Waals surface area contributed by atoms with E-state index in [1.807, 2.05) is 60.9 Å². The Hall–Kier alpha value is -2.82. The average molecular weight is 372 g/mol. The molecule has 2 aromatic carbocycles. The molecular weight excluding hydrogens is 352 g/mol. The Kier molecular flexibility index (Phi) is 5.37. The molecule has 0 saturated carbocycles. The van der Waals surface area contributed by atoms with E-state index in [4.69, 9.17) is 0 Å². The van der Waals surface area contributed by atoms with Crippen LogP contribution in [0.25, 0.3) is 11.1 Å². The summed E-state index contributed by atoms with van der Waals surface area (Å²) in [6, 6.07) is 24.7. The van der Waals surface area contributed by atoms with Crippen molar-refractivity contribution in [2.75, 3.05) is 0 Å². The van der Waals surface area contributed by atoms with Gasteiger partial charge in [-0.25, -0.2) is 0 Å². The minimum absolute atomic E-state index is 0.00984. The van der Waals surface area contributed by atoms with E-state index in [0.717, 1.165) is 28.3 Å². The number of hydrogen-bond donors (Lipinski definition) is 1. The minimum Gasteiger partial charge on any atom is -0.392 e. The van der Waals surface area contributed by atoms with Gasteiger partial charge in [0, 0.05) is 41.2 Å². The summed E-state index contributed by atoms with van der Waals surface area (Å²) in [7, 11) is 0. The van der Waals surface area contributed by atoms with Crippen LogP contribution in [0.5, 0.6) is 0 Å². The molecule has 0 aliphatic carbocycles. The molecule has 1 N–H and O–H groups in total. The van der Waals surface area contributed by atoms with E-state index in [9.17, 15) is 5.11 Å². The van der Waals surface area contributed by atoms with Gasteiger partial charge in [0.1, 0.15) is 0 Å². The zero-order valence-corrected chi connectivity index (χ0v) is 15.6. The van der Waals surface area contributed by atoms with Gasteiger partial charge in [-0.2, -0.15) is 0 Å². The van der Waals surface area contributed by atoms with Crippen molar-refractivity contribution < 1.29 is 5.11 Å². The number of aliphatic hydroxyl groups is 1. The van der Waals surface area contributed by atoms with Crippen molar-refractivity contribution in [2.24, 2.45) is 0 Å². The molecular formula is C23H20N2OS. The third-order valence-electron chi connectivity index (χ3n) is 4.40. The fourth-order valence-corrected chi connectivity index (χ4v) is 4.24. The summed E-state index contributed by atoms with van der Waals surface area (Å²) in [5.41, 5.74) is 4.34. The molecule has 4 rings (SSSR count). The molecule has 2 heterocycles. The Balaban J connectivity index is 1.83. The molecule has 0 bridgehead atoms. The molecule has 0 radical (unpaired) electrons. The molecule has 27 heavy (non-hydrogen) atoms. The van der Waals surface area contributed by atoms with E-state index in [-0.39, 0.29) is 6.61 Å². The van der Waals surface area contributed by atoms with Crippen LogP contribution in [0.4, 0.5) is 0 Å². The van der Waals surface area contributed by atoms with E-state index in [0.29, 0.717) is 0 Å². The van der Waals surface area contributed by atoms with Gasteiger partial charge in [-0.15, -0.1) is 0 Å². The van der Waals surface area contributed by atoms with Crippen LogP contribution in [0.15, 0.2) is 101 Å². The lowest BCUT2D eigenvalue weighted by Gasteiger charge is -2.12. The summed E-state index contributed by atoms with van der Waals surface area (Å²) < 4.78 is 2.22. The van der Waals surface area contributed by atoms with Crippen molar-refractivity contribution in [3.05, 3.63) is 103 Å². The first kappa shape index (κ1) is 17.6. The van der Waals surface area contributed by atoms with Crippen molar-refractivity contribution in [1.82, 2.24) is 9.55 Å². The van der Waals surface area contributed by atoms with Crippen LogP contribution < -0.4 is 0 Å². The molecule has 0 aliphatic rings. The van der Waals surface area contributed by atoms with Crippen LogP contribution in [0.2, 0.25) is 0 Å².